The predicted molar refractivity (Wildman–Crippen MR) is 61.1 cm³/mol. The van der Waals surface area contributed by atoms with Gasteiger partial charge in [-0.25, -0.2) is 0 Å². The van der Waals surface area contributed by atoms with Crippen molar-refractivity contribution in [3.05, 3.63) is 0 Å². The van der Waals surface area contributed by atoms with Gasteiger partial charge in [0.15, 0.2) is 0 Å². The Hall–Kier alpha value is -0.650. The fraction of sp³-hybridized carbons (Fsp3) is 0.909. The van der Waals surface area contributed by atoms with Crippen LogP contribution in [-0.4, -0.2) is 56.9 Å². The Morgan fingerprint density at radius 3 is 2.50 bits per heavy atom. The van der Waals surface area contributed by atoms with Crippen LogP contribution in [0.4, 0.5) is 0 Å². The number of hydrogen-bond acceptors (Lipinski definition) is 4. The summed E-state index contributed by atoms with van der Waals surface area (Å²) in [5, 5.41) is 0. The molecule has 5 nitrogen and oxygen atoms in total. The molecule has 2 N–H and O–H groups in total. The molecular weight excluding hydrogens is 208 g/mol. The van der Waals surface area contributed by atoms with Crippen LogP contribution in [0.5, 0.6) is 0 Å². The second kappa shape index (κ2) is 6.83. The van der Waals surface area contributed by atoms with Gasteiger partial charge in [-0.05, 0) is 19.3 Å². The Balaban J connectivity index is 2.39. The van der Waals surface area contributed by atoms with Gasteiger partial charge < -0.3 is 20.1 Å². The summed E-state index contributed by atoms with van der Waals surface area (Å²) in [5.74, 6) is 0.0246. The second-order valence-corrected chi connectivity index (χ2v) is 4.14. The minimum atomic E-state index is -0.447. The van der Waals surface area contributed by atoms with Crippen LogP contribution in [0.25, 0.3) is 0 Å². The van der Waals surface area contributed by atoms with Crippen LogP contribution in [0.3, 0.4) is 0 Å². The molecular formula is C11H22N2O3. The minimum Gasteiger partial charge on any atom is -0.385 e. The van der Waals surface area contributed by atoms with E-state index < -0.39 is 6.04 Å². The van der Waals surface area contributed by atoms with Gasteiger partial charge in [0, 0.05) is 33.4 Å². The number of carbonyl (C=O) groups excluding carboxylic acids is 1. The van der Waals surface area contributed by atoms with Crippen molar-refractivity contribution in [3.63, 3.8) is 0 Å². The maximum absolute atomic E-state index is 12.0. The molecule has 94 valence electrons. The molecule has 1 atom stereocenters. The molecule has 5 heteroatoms. The number of amides is 1. The molecule has 0 radical (unpaired) electrons. The molecule has 1 unspecified atom stereocenters. The van der Waals surface area contributed by atoms with Crippen molar-refractivity contribution < 1.29 is 14.3 Å². The third kappa shape index (κ3) is 4.08. The highest BCUT2D eigenvalue weighted by atomic mass is 16.5. The Bertz CT molecular complexity index is 219. The van der Waals surface area contributed by atoms with Crippen molar-refractivity contribution in [1.82, 2.24) is 4.90 Å². The van der Waals surface area contributed by atoms with Crippen molar-refractivity contribution in [2.24, 2.45) is 5.73 Å². The average Bonchev–Trinajstić information content (AvgIpc) is 3.10. The van der Waals surface area contributed by atoms with Gasteiger partial charge in [0.1, 0.15) is 0 Å². The van der Waals surface area contributed by atoms with E-state index in [1.165, 1.54) is 0 Å². The second-order valence-electron chi connectivity index (χ2n) is 4.14. The van der Waals surface area contributed by atoms with Crippen LogP contribution < -0.4 is 5.73 Å². The predicted octanol–water partition coefficient (Wildman–Crippen LogP) is -0.0124. The first-order valence-electron chi connectivity index (χ1n) is 5.74. The van der Waals surface area contributed by atoms with Gasteiger partial charge in [-0.2, -0.15) is 0 Å². The summed E-state index contributed by atoms with van der Waals surface area (Å²) in [4.78, 5) is 13.9. The van der Waals surface area contributed by atoms with Crippen LogP contribution in [-0.2, 0) is 14.3 Å². The molecule has 0 heterocycles. The first kappa shape index (κ1) is 13.4. The Morgan fingerprint density at radius 1 is 1.38 bits per heavy atom. The molecule has 0 aromatic carbocycles. The summed E-state index contributed by atoms with van der Waals surface area (Å²) >= 11 is 0. The first-order chi connectivity index (χ1) is 7.70. The van der Waals surface area contributed by atoms with Crippen molar-refractivity contribution in [2.75, 3.05) is 34.0 Å². The lowest BCUT2D eigenvalue weighted by molar-refractivity contribution is -0.134. The number of rotatable bonds is 8. The average molecular weight is 230 g/mol. The van der Waals surface area contributed by atoms with Crippen LogP contribution in [0, 0.1) is 0 Å². The lowest BCUT2D eigenvalue weighted by atomic mass is 10.2. The van der Waals surface area contributed by atoms with Crippen molar-refractivity contribution in [2.45, 2.75) is 31.3 Å². The molecule has 0 aromatic heterocycles. The minimum absolute atomic E-state index is 0.0246. The number of nitrogens with two attached hydrogens (primary N) is 1. The fourth-order valence-corrected chi connectivity index (χ4v) is 1.63. The summed E-state index contributed by atoms with van der Waals surface area (Å²) < 4.78 is 9.93. The topological polar surface area (TPSA) is 64.8 Å². The summed E-state index contributed by atoms with van der Waals surface area (Å²) in [6.45, 7) is 1.73. The number of carbonyl (C=O) groups is 1. The molecule has 1 aliphatic rings. The van der Waals surface area contributed by atoms with Gasteiger partial charge in [0.25, 0.3) is 0 Å². The van der Waals surface area contributed by atoms with Gasteiger partial charge in [-0.3, -0.25) is 4.79 Å². The van der Waals surface area contributed by atoms with E-state index >= 15 is 0 Å². The summed E-state index contributed by atoms with van der Waals surface area (Å²) in [6, 6.07) is -0.0614. The van der Waals surface area contributed by atoms with Crippen molar-refractivity contribution >= 4 is 5.91 Å². The van der Waals surface area contributed by atoms with E-state index in [1.807, 2.05) is 4.90 Å². The highest BCUT2D eigenvalue weighted by Crippen LogP contribution is 2.27. The van der Waals surface area contributed by atoms with Crippen LogP contribution in [0.15, 0.2) is 0 Å². The summed E-state index contributed by atoms with van der Waals surface area (Å²) in [6.07, 6.45) is 2.75. The molecule has 1 rings (SSSR count). The van der Waals surface area contributed by atoms with E-state index in [-0.39, 0.29) is 5.91 Å². The fourth-order valence-electron chi connectivity index (χ4n) is 1.63. The molecule has 1 amide bonds. The molecule has 1 fully saturated rings. The monoisotopic (exact) mass is 230 g/mol. The van der Waals surface area contributed by atoms with E-state index in [9.17, 15) is 4.79 Å². The number of hydrogen-bond donors (Lipinski definition) is 1. The van der Waals surface area contributed by atoms with E-state index in [2.05, 4.69) is 0 Å². The molecule has 1 saturated carbocycles. The van der Waals surface area contributed by atoms with E-state index in [0.29, 0.717) is 32.2 Å². The van der Waals surface area contributed by atoms with Crippen LogP contribution in [0.2, 0.25) is 0 Å². The summed E-state index contributed by atoms with van der Waals surface area (Å²) in [5.41, 5.74) is 5.83. The first-order valence-corrected chi connectivity index (χ1v) is 5.74. The number of methoxy groups -OCH3 is 2. The molecule has 0 bridgehead atoms. The molecule has 0 saturated heterocycles. The zero-order chi connectivity index (χ0) is 12.0. The standard InChI is InChI=1S/C11H22N2O3/c1-15-7-5-10(12)11(14)13(6-8-16-2)9-3-4-9/h9-10H,3-8,12H2,1-2H3. The van der Waals surface area contributed by atoms with Crippen molar-refractivity contribution in [1.29, 1.82) is 0 Å². The third-order valence-electron chi connectivity index (χ3n) is 2.76. The SMILES string of the molecule is COCCC(N)C(=O)N(CCOC)C1CC1. The molecule has 1 aliphatic carbocycles. The Labute approximate surface area is 96.9 Å². The Morgan fingerprint density at radius 2 is 2.00 bits per heavy atom. The van der Waals surface area contributed by atoms with E-state index in [0.717, 1.165) is 12.8 Å². The zero-order valence-corrected chi connectivity index (χ0v) is 10.1. The summed E-state index contributed by atoms with van der Waals surface area (Å²) in [7, 11) is 3.25. The largest absolute Gasteiger partial charge is 0.385 e. The van der Waals surface area contributed by atoms with E-state index in [1.54, 1.807) is 14.2 Å². The van der Waals surface area contributed by atoms with Gasteiger partial charge >= 0.3 is 0 Å². The Kier molecular flexibility index (Phi) is 5.73. The van der Waals surface area contributed by atoms with Gasteiger partial charge in [0.2, 0.25) is 5.91 Å². The smallest absolute Gasteiger partial charge is 0.239 e. The number of ether oxygens (including phenoxy) is 2. The van der Waals surface area contributed by atoms with Crippen LogP contribution >= 0.6 is 0 Å². The quantitative estimate of drug-likeness (QED) is 0.637. The van der Waals surface area contributed by atoms with E-state index in [4.69, 9.17) is 15.2 Å². The molecule has 16 heavy (non-hydrogen) atoms. The highest BCUT2D eigenvalue weighted by Gasteiger charge is 2.34. The zero-order valence-electron chi connectivity index (χ0n) is 10.1. The van der Waals surface area contributed by atoms with Gasteiger partial charge in [0.05, 0.1) is 12.6 Å². The highest BCUT2D eigenvalue weighted by molar-refractivity contribution is 5.82. The van der Waals surface area contributed by atoms with Crippen molar-refractivity contribution in [3.8, 4) is 0 Å². The third-order valence-corrected chi connectivity index (χ3v) is 2.76. The maximum Gasteiger partial charge on any atom is 0.239 e. The molecule has 0 aromatic rings. The molecule has 0 spiro atoms. The normalized spacial score (nSPS) is 17.2. The van der Waals surface area contributed by atoms with Gasteiger partial charge in [-0.15, -0.1) is 0 Å². The van der Waals surface area contributed by atoms with Crippen LogP contribution in [0.1, 0.15) is 19.3 Å². The number of nitrogens with zero attached hydrogens (tertiary/aromatic N) is 1. The maximum atomic E-state index is 12.0. The molecule has 0 aliphatic heterocycles. The lowest BCUT2D eigenvalue weighted by Gasteiger charge is -2.25. The van der Waals surface area contributed by atoms with Gasteiger partial charge in [-0.1, -0.05) is 0 Å². The lowest BCUT2D eigenvalue weighted by Crippen LogP contribution is -2.46.